The van der Waals surface area contributed by atoms with Crippen LogP contribution in [0.4, 0.5) is 4.39 Å². The lowest BCUT2D eigenvalue weighted by molar-refractivity contribution is -0.147. The fourth-order valence-corrected chi connectivity index (χ4v) is 3.45. The van der Waals surface area contributed by atoms with Gasteiger partial charge in [0.25, 0.3) is 5.91 Å². The Kier molecular flexibility index (Phi) is 6.07. The SMILES string of the molecule is CCC(C)OC(=O)Cc1c(C)n(C(=O)c2ccc(Br)cc2)c2cc(F)c(O)cc12. The van der Waals surface area contributed by atoms with Gasteiger partial charge in [-0.1, -0.05) is 22.9 Å². The van der Waals surface area contributed by atoms with E-state index >= 15 is 0 Å². The number of rotatable bonds is 5. The second-order valence-electron chi connectivity index (χ2n) is 6.92. The summed E-state index contributed by atoms with van der Waals surface area (Å²) in [7, 11) is 0. The fourth-order valence-electron chi connectivity index (χ4n) is 3.19. The van der Waals surface area contributed by atoms with Crippen LogP contribution in [0.3, 0.4) is 0 Å². The number of phenols is 1. The molecular weight excluding hydrogens is 441 g/mol. The Bertz CT molecular complexity index is 1090. The molecule has 0 aliphatic carbocycles. The Morgan fingerprint density at radius 3 is 2.52 bits per heavy atom. The molecule has 1 unspecified atom stereocenters. The van der Waals surface area contributed by atoms with Gasteiger partial charge in [-0.3, -0.25) is 14.2 Å². The van der Waals surface area contributed by atoms with Crippen LogP contribution in [0.2, 0.25) is 0 Å². The lowest BCUT2D eigenvalue weighted by atomic mass is 10.1. The number of hydrogen-bond donors (Lipinski definition) is 1. The van der Waals surface area contributed by atoms with Crippen molar-refractivity contribution >= 4 is 38.7 Å². The molecule has 5 nitrogen and oxygen atoms in total. The highest BCUT2D eigenvalue weighted by molar-refractivity contribution is 9.10. The monoisotopic (exact) mass is 461 g/mol. The van der Waals surface area contributed by atoms with Crippen LogP contribution in [0.25, 0.3) is 10.9 Å². The molecule has 0 aliphatic rings. The molecule has 1 atom stereocenters. The van der Waals surface area contributed by atoms with Crippen molar-refractivity contribution in [2.45, 2.75) is 39.7 Å². The summed E-state index contributed by atoms with van der Waals surface area (Å²) in [6, 6.07) is 9.15. The Balaban J connectivity index is 2.13. The normalized spacial score (nSPS) is 12.2. The van der Waals surface area contributed by atoms with Gasteiger partial charge >= 0.3 is 5.97 Å². The van der Waals surface area contributed by atoms with Crippen LogP contribution in [0.1, 0.15) is 41.9 Å². The number of carbonyl (C=O) groups is 2. The number of aromatic hydroxyl groups is 1. The first-order valence-corrected chi connectivity index (χ1v) is 10.0. The van der Waals surface area contributed by atoms with E-state index in [-0.39, 0.29) is 23.9 Å². The highest BCUT2D eigenvalue weighted by Crippen LogP contribution is 2.32. The third-order valence-corrected chi connectivity index (χ3v) is 5.45. The smallest absolute Gasteiger partial charge is 0.310 e. The molecule has 3 rings (SSSR count). The van der Waals surface area contributed by atoms with Crippen LogP contribution in [0, 0.1) is 12.7 Å². The predicted molar refractivity (Wildman–Crippen MR) is 112 cm³/mol. The van der Waals surface area contributed by atoms with Crippen LogP contribution in [-0.2, 0) is 16.0 Å². The van der Waals surface area contributed by atoms with Crippen molar-refractivity contribution in [2.24, 2.45) is 0 Å². The van der Waals surface area contributed by atoms with Crippen LogP contribution >= 0.6 is 15.9 Å². The number of halogens is 2. The number of benzene rings is 2. The van der Waals surface area contributed by atoms with Crippen LogP contribution in [-0.4, -0.2) is 27.7 Å². The molecule has 0 aliphatic heterocycles. The summed E-state index contributed by atoms with van der Waals surface area (Å²) in [6.45, 7) is 5.40. The third-order valence-electron chi connectivity index (χ3n) is 4.93. The Morgan fingerprint density at radius 2 is 1.90 bits per heavy atom. The average molecular weight is 462 g/mol. The molecule has 3 aromatic rings. The van der Waals surface area contributed by atoms with Gasteiger partial charge in [-0.2, -0.15) is 0 Å². The van der Waals surface area contributed by atoms with Crippen LogP contribution in [0.15, 0.2) is 40.9 Å². The highest BCUT2D eigenvalue weighted by atomic mass is 79.9. The first-order chi connectivity index (χ1) is 13.7. The van der Waals surface area contributed by atoms with Crippen LogP contribution in [0.5, 0.6) is 5.75 Å². The number of hydrogen-bond acceptors (Lipinski definition) is 4. The predicted octanol–water partition coefficient (Wildman–Crippen LogP) is 5.13. The summed E-state index contributed by atoms with van der Waals surface area (Å²) >= 11 is 3.33. The number of phenolic OH excluding ortho intramolecular Hbond substituents is 1. The van der Waals surface area contributed by atoms with Crippen LogP contribution < -0.4 is 0 Å². The summed E-state index contributed by atoms with van der Waals surface area (Å²) in [6.07, 6.45) is 0.366. The molecule has 0 bridgehead atoms. The molecule has 0 spiro atoms. The number of esters is 1. The molecule has 0 radical (unpaired) electrons. The van der Waals surface area contributed by atoms with Crippen molar-refractivity contribution in [3.63, 3.8) is 0 Å². The maximum atomic E-state index is 14.1. The van der Waals surface area contributed by atoms with E-state index in [9.17, 15) is 19.1 Å². The summed E-state index contributed by atoms with van der Waals surface area (Å²) in [5, 5.41) is 10.3. The number of carbonyl (C=O) groups excluding carboxylic acids is 2. The van der Waals surface area contributed by atoms with Crippen molar-refractivity contribution in [3.8, 4) is 5.75 Å². The molecule has 0 saturated carbocycles. The van der Waals surface area contributed by atoms with E-state index in [1.54, 1.807) is 38.1 Å². The zero-order valence-electron chi connectivity index (χ0n) is 16.3. The Hall–Kier alpha value is -2.67. The highest BCUT2D eigenvalue weighted by Gasteiger charge is 2.24. The summed E-state index contributed by atoms with van der Waals surface area (Å²) in [5.41, 5.74) is 1.72. The Morgan fingerprint density at radius 1 is 1.24 bits per heavy atom. The van der Waals surface area contributed by atoms with Gasteiger partial charge in [-0.25, -0.2) is 4.39 Å². The number of nitrogens with zero attached hydrogens (tertiary/aromatic N) is 1. The summed E-state index contributed by atoms with van der Waals surface area (Å²) in [5.74, 6) is -2.18. The van der Waals surface area contributed by atoms with Crippen molar-refractivity contribution < 1.29 is 23.8 Å². The van der Waals surface area contributed by atoms with E-state index in [0.717, 1.165) is 10.5 Å². The molecule has 1 N–H and O–H groups in total. The lowest BCUT2D eigenvalue weighted by Crippen LogP contribution is -2.17. The molecule has 29 heavy (non-hydrogen) atoms. The van der Waals surface area contributed by atoms with Gasteiger partial charge in [0.05, 0.1) is 18.0 Å². The molecule has 1 heterocycles. The van der Waals surface area contributed by atoms with E-state index in [2.05, 4.69) is 15.9 Å². The number of fused-ring (bicyclic) bond motifs is 1. The van der Waals surface area contributed by atoms with E-state index in [4.69, 9.17) is 4.74 Å². The molecule has 0 saturated heterocycles. The zero-order valence-corrected chi connectivity index (χ0v) is 17.9. The average Bonchev–Trinajstić information content (AvgIpc) is 2.93. The maximum absolute atomic E-state index is 14.1. The molecule has 0 fully saturated rings. The number of aromatic nitrogens is 1. The lowest BCUT2D eigenvalue weighted by Gasteiger charge is -2.11. The topological polar surface area (TPSA) is 68.5 Å². The van der Waals surface area contributed by atoms with Gasteiger partial charge in [0.1, 0.15) is 0 Å². The molecule has 1 aromatic heterocycles. The van der Waals surface area contributed by atoms with E-state index in [1.165, 1.54) is 10.6 Å². The summed E-state index contributed by atoms with van der Waals surface area (Å²) < 4.78 is 21.6. The van der Waals surface area contributed by atoms with Crippen molar-refractivity contribution in [1.82, 2.24) is 4.57 Å². The molecule has 2 aromatic carbocycles. The van der Waals surface area contributed by atoms with Gasteiger partial charge in [-0.05, 0) is 56.2 Å². The minimum atomic E-state index is -0.839. The van der Waals surface area contributed by atoms with Crippen molar-refractivity contribution in [2.75, 3.05) is 0 Å². The first-order valence-electron chi connectivity index (χ1n) is 9.25. The minimum Gasteiger partial charge on any atom is -0.505 e. The molecule has 0 amide bonds. The third kappa shape index (κ3) is 4.19. The fraction of sp³-hybridized carbons (Fsp3) is 0.273. The molecule has 7 heteroatoms. The Labute approximate surface area is 176 Å². The van der Waals surface area contributed by atoms with Gasteiger partial charge in [0.2, 0.25) is 0 Å². The molecule has 152 valence electrons. The minimum absolute atomic E-state index is 0.0850. The van der Waals surface area contributed by atoms with Crippen molar-refractivity contribution in [3.05, 3.63) is 63.5 Å². The van der Waals surface area contributed by atoms with Gasteiger partial charge in [0, 0.05) is 27.2 Å². The standard InChI is InChI=1S/C22H21BrFNO4/c1-4-12(2)29-21(27)10-16-13(3)25(19-11-18(24)20(26)9-17(16)19)22(28)14-5-7-15(23)8-6-14/h5-9,11-12,26H,4,10H2,1-3H3. The van der Waals surface area contributed by atoms with Gasteiger partial charge in [0.15, 0.2) is 11.6 Å². The molecular formula is C22H21BrFNO4. The second-order valence-corrected chi connectivity index (χ2v) is 7.83. The van der Waals surface area contributed by atoms with E-state index < -0.39 is 17.5 Å². The quantitative estimate of drug-likeness (QED) is 0.534. The van der Waals surface area contributed by atoms with Crippen molar-refractivity contribution in [1.29, 1.82) is 0 Å². The van der Waals surface area contributed by atoms with E-state index in [0.29, 0.717) is 28.6 Å². The second kappa shape index (κ2) is 8.37. The maximum Gasteiger partial charge on any atom is 0.310 e. The largest absolute Gasteiger partial charge is 0.505 e. The van der Waals surface area contributed by atoms with E-state index in [1.807, 2.05) is 6.92 Å². The number of ether oxygens (including phenoxy) is 1. The summed E-state index contributed by atoms with van der Waals surface area (Å²) in [4.78, 5) is 25.5. The van der Waals surface area contributed by atoms with Gasteiger partial charge in [-0.15, -0.1) is 0 Å². The zero-order chi connectivity index (χ0) is 21.3. The first kappa shape index (κ1) is 21.0. The van der Waals surface area contributed by atoms with Gasteiger partial charge < -0.3 is 9.84 Å².